The normalized spacial score (nSPS) is 10.6. The van der Waals surface area contributed by atoms with Gasteiger partial charge in [0.1, 0.15) is 17.3 Å². The Hall–Kier alpha value is -1.87. The number of benzene rings is 2. The van der Waals surface area contributed by atoms with Crippen molar-refractivity contribution in [1.82, 2.24) is 5.32 Å². The standard InChI is InChI=1S/C17H20FNO/c1-4-19-11-14-5-7-16(12(2)9-14)20-17-8-6-15(18)10-13(17)3/h5-10,19H,4,11H2,1-3H3. The fourth-order valence-electron chi connectivity index (χ4n) is 2.05. The van der Waals surface area contributed by atoms with Gasteiger partial charge in [0.15, 0.2) is 0 Å². The molecular formula is C17H20FNO. The summed E-state index contributed by atoms with van der Waals surface area (Å²) in [7, 11) is 0. The lowest BCUT2D eigenvalue weighted by Crippen LogP contribution is -2.11. The first-order chi connectivity index (χ1) is 9.60. The van der Waals surface area contributed by atoms with Gasteiger partial charge in [-0.05, 0) is 61.3 Å². The molecule has 0 saturated carbocycles. The van der Waals surface area contributed by atoms with Crippen LogP contribution in [0.2, 0.25) is 0 Å². The molecule has 2 aromatic carbocycles. The van der Waals surface area contributed by atoms with Crippen LogP contribution in [-0.2, 0) is 6.54 Å². The van der Waals surface area contributed by atoms with E-state index in [0.29, 0.717) is 5.75 Å². The highest BCUT2D eigenvalue weighted by Gasteiger charge is 2.06. The van der Waals surface area contributed by atoms with Crippen molar-refractivity contribution >= 4 is 0 Å². The lowest BCUT2D eigenvalue weighted by molar-refractivity contribution is 0.472. The van der Waals surface area contributed by atoms with Crippen molar-refractivity contribution < 1.29 is 9.13 Å². The second kappa shape index (κ2) is 6.53. The maximum Gasteiger partial charge on any atom is 0.130 e. The van der Waals surface area contributed by atoms with Gasteiger partial charge in [-0.25, -0.2) is 4.39 Å². The molecule has 0 fully saturated rings. The Balaban J connectivity index is 2.17. The third kappa shape index (κ3) is 3.58. The van der Waals surface area contributed by atoms with E-state index in [-0.39, 0.29) is 5.82 Å². The third-order valence-electron chi connectivity index (χ3n) is 3.18. The largest absolute Gasteiger partial charge is 0.457 e. The van der Waals surface area contributed by atoms with Crippen LogP contribution in [0, 0.1) is 19.7 Å². The molecule has 0 radical (unpaired) electrons. The van der Waals surface area contributed by atoms with E-state index in [0.717, 1.165) is 30.0 Å². The Morgan fingerprint density at radius 3 is 2.25 bits per heavy atom. The highest BCUT2D eigenvalue weighted by molar-refractivity contribution is 5.42. The number of hydrogen-bond donors (Lipinski definition) is 1. The number of hydrogen-bond acceptors (Lipinski definition) is 2. The van der Waals surface area contributed by atoms with E-state index in [4.69, 9.17) is 4.74 Å². The van der Waals surface area contributed by atoms with Crippen LogP contribution in [-0.4, -0.2) is 6.54 Å². The molecule has 3 heteroatoms. The van der Waals surface area contributed by atoms with Crippen LogP contribution < -0.4 is 10.1 Å². The number of rotatable bonds is 5. The van der Waals surface area contributed by atoms with Crippen LogP contribution >= 0.6 is 0 Å². The number of ether oxygens (including phenoxy) is 1. The van der Waals surface area contributed by atoms with Crippen molar-refractivity contribution in [2.24, 2.45) is 0 Å². The van der Waals surface area contributed by atoms with Gasteiger partial charge in [-0.1, -0.05) is 19.1 Å². The van der Waals surface area contributed by atoms with E-state index in [9.17, 15) is 4.39 Å². The first kappa shape index (κ1) is 14.5. The Bertz CT molecular complexity index is 596. The van der Waals surface area contributed by atoms with Gasteiger partial charge in [0, 0.05) is 6.54 Å². The highest BCUT2D eigenvalue weighted by Crippen LogP contribution is 2.28. The second-order valence-corrected chi connectivity index (χ2v) is 4.89. The summed E-state index contributed by atoms with van der Waals surface area (Å²) in [4.78, 5) is 0. The van der Waals surface area contributed by atoms with Gasteiger partial charge in [-0.15, -0.1) is 0 Å². The lowest BCUT2D eigenvalue weighted by Gasteiger charge is -2.12. The van der Waals surface area contributed by atoms with E-state index in [1.807, 2.05) is 26.0 Å². The minimum atomic E-state index is -0.243. The summed E-state index contributed by atoms with van der Waals surface area (Å²) in [5.41, 5.74) is 3.10. The zero-order chi connectivity index (χ0) is 14.5. The molecule has 106 valence electrons. The molecule has 2 rings (SSSR count). The molecule has 0 aromatic heterocycles. The molecule has 0 heterocycles. The summed E-state index contributed by atoms with van der Waals surface area (Å²) in [6.45, 7) is 7.75. The molecular weight excluding hydrogens is 253 g/mol. The van der Waals surface area contributed by atoms with Crippen LogP contribution in [0.4, 0.5) is 4.39 Å². The average Bonchev–Trinajstić information content (AvgIpc) is 2.42. The minimum Gasteiger partial charge on any atom is -0.457 e. The third-order valence-corrected chi connectivity index (χ3v) is 3.18. The van der Waals surface area contributed by atoms with Crippen molar-refractivity contribution in [2.45, 2.75) is 27.3 Å². The molecule has 0 aliphatic carbocycles. The summed E-state index contributed by atoms with van der Waals surface area (Å²) in [5, 5.41) is 3.29. The Morgan fingerprint density at radius 1 is 1.00 bits per heavy atom. The van der Waals surface area contributed by atoms with E-state index < -0.39 is 0 Å². The summed E-state index contributed by atoms with van der Waals surface area (Å²) >= 11 is 0. The van der Waals surface area contributed by atoms with Crippen LogP contribution in [0.25, 0.3) is 0 Å². The minimum absolute atomic E-state index is 0.243. The summed E-state index contributed by atoms with van der Waals surface area (Å²) in [5.74, 6) is 1.25. The maximum atomic E-state index is 13.1. The van der Waals surface area contributed by atoms with Crippen molar-refractivity contribution in [3.05, 3.63) is 58.9 Å². The van der Waals surface area contributed by atoms with Crippen LogP contribution in [0.1, 0.15) is 23.6 Å². The van der Waals surface area contributed by atoms with Gasteiger partial charge in [0.2, 0.25) is 0 Å². The van der Waals surface area contributed by atoms with Crippen molar-refractivity contribution in [1.29, 1.82) is 0 Å². The monoisotopic (exact) mass is 273 g/mol. The molecule has 0 atom stereocenters. The SMILES string of the molecule is CCNCc1ccc(Oc2ccc(F)cc2C)c(C)c1. The maximum absolute atomic E-state index is 13.1. The van der Waals surface area contributed by atoms with E-state index in [1.54, 1.807) is 6.07 Å². The zero-order valence-corrected chi connectivity index (χ0v) is 12.2. The summed E-state index contributed by atoms with van der Waals surface area (Å²) in [6, 6.07) is 10.7. The molecule has 0 unspecified atom stereocenters. The predicted octanol–water partition coefficient (Wildman–Crippen LogP) is 4.34. The topological polar surface area (TPSA) is 21.3 Å². The zero-order valence-electron chi connectivity index (χ0n) is 12.2. The first-order valence-corrected chi connectivity index (χ1v) is 6.84. The fourth-order valence-corrected chi connectivity index (χ4v) is 2.05. The van der Waals surface area contributed by atoms with E-state index >= 15 is 0 Å². The first-order valence-electron chi connectivity index (χ1n) is 6.84. The summed E-state index contributed by atoms with van der Waals surface area (Å²) < 4.78 is 18.9. The molecule has 0 bridgehead atoms. The smallest absolute Gasteiger partial charge is 0.130 e. The molecule has 0 aliphatic heterocycles. The van der Waals surface area contributed by atoms with Crippen LogP contribution in [0.3, 0.4) is 0 Å². The van der Waals surface area contributed by atoms with Gasteiger partial charge in [0.05, 0.1) is 0 Å². The molecule has 0 aliphatic rings. The number of aryl methyl sites for hydroxylation is 2. The van der Waals surface area contributed by atoms with Gasteiger partial charge < -0.3 is 10.1 Å². The number of halogens is 1. The fraction of sp³-hybridized carbons (Fsp3) is 0.294. The molecule has 0 saturated heterocycles. The molecule has 0 amide bonds. The number of nitrogens with one attached hydrogen (secondary N) is 1. The average molecular weight is 273 g/mol. The van der Waals surface area contributed by atoms with Crippen molar-refractivity contribution in [3.63, 3.8) is 0 Å². The predicted molar refractivity (Wildman–Crippen MR) is 79.8 cm³/mol. The lowest BCUT2D eigenvalue weighted by atomic mass is 10.1. The van der Waals surface area contributed by atoms with Gasteiger partial charge in [-0.3, -0.25) is 0 Å². The quantitative estimate of drug-likeness (QED) is 0.874. The molecule has 20 heavy (non-hydrogen) atoms. The van der Waals surface area contributed by atoms with Gasteiger partial charge in [-0.2, -0.15) is 0 Å². The van der Waals surface area contributed by atoms with Crippen LogP contribution in [0.5, 0.6) is 11.5 Å². The van der Waals surface area contributed by atoms with E-state index in [1.165, 1.54) is 17.7 Å². The van der Waals surface area contributed by atoms with Gasteiger partial charge in [0.25, 0.3) is 0 Å². The molecule has 2 aromatic rings. The summed E-state index contributed by atoms with van der Waals surface area (Å²) in [6.07, 6.45) is 0. The Kier molecular flexibility index (Phi) is 4.74. The Labute approximate surface area is 119 Å². The van der Waals surface area contributed by atoms with Crippen molar-refractivity contribution in [2.75, 3.05) is 6.54 Å². The Morgan fingerprint density at radius 2 is 1.65 bits per heavy atom. The van der Waals surface area contributed by atoms with Crippen molar-refractivity contribution in [3.8, 4) is 11.5 Å². The van der Waals surface area contributed by atoms with E-state index in [2.05, 4.69) is 18.3 Å². The second-order valence-electron chi connectivity index (χ2n) is 4.89. The molecule has 2 nitrogen and oxygen atoms in total. The van der Waals surface area contributed by atoms with Crippen LogP contribution in [0.15, 0.2) is 36.4 Å². The highest BCUT2D eigenvalue weighted by atomic mass is 19.1. The molecule has 1 N–H and O–H groups in total. The molecule has 0 spiro atoms. The van der Waals surface area contributed by atoms with Gasteiger partial charge >= 0.3 is 0 Å².